The number of nitrogens with zero attached hydrogens (tertiary/aromatic N) is 3. The maximum Gasteiger partial charge on any atom is 0.250 e. The molecule has 1 aliphatic heterocycles. The fraction of sp³-hybridized carbons (Fsp3) is 0.536. The summed E-state index contributed by atoms with van der Waals surface area (Å²) in [6, 6.07) is 12.2. The van der Waals surface area contributed by atoms with Crippen LogP contribution in [0.4, 0.5) is 11.4 Å². The molecule has 8 heteroatoms. The van der Waals surface area contributed by atoms with Crippen molar-refractivity contribution < 1.29 is 14.3 Å². The second-order valence-electron chi connectivity index (χ2n) is 9.88. The standard InChI is InChI=1S/C28H42N4O3S/c1-21-16-26(34-6)17-22(2)28(21)36-31(5)14-15-35-20-27(33)29-24-8-7-9-25(18-24)32-12-10-23(11-13-32)19-30(3)4/h7-9,16-18,23H,10-15,19-20H2,1-6H3,(H,29,33). The van der Waals surface area contributed by atoms with Gasteiger partial charge in [0.25, 0.3) is 0 Å². The zero-order valence-electron chi connectivity index (χ0n) is 22.7. The van der Waals surface area contributed by atoms with Gasteiger partial charge in [0.05, 0.1) is 13.7 Å². The Bertz CT molecular complexity index is 970. The number of hydrogen-bond acceptors (Lipinski definition) is 7. The fourth-order valence-electron chi connectivity index (χ4n) is 4.60. The Morgan fingerprint density at radius 3 is 2.44 bits per heavy atom. The summed E-state index contributed by atoms with van der Waals surface area (Å²) < 4.78 is 13.1. The first-order valence-electron chi connectivity index (χ1n) is 12.7. The maximum absolute atomic E-state index is 12.4. The normalized spacial score (nSPS) is 14.5. The van der Waals surface area contributed by atoms with E-state index in [-0.39, 0.29) is 12.5 Å². The van der Waals surface area contributed by atoms with Gasteiger partial charge in [0.1, 0.15) is 12.4 Å². The predicted molar refractivity (Wildman–Crippen MR) is 150 cm³/mol. The van der Waals surface area contributed by atoms with Crippen LogP contribution >= 0.6 is 11.9 Å². The lowest BCUT2D eigenvalue weighted by atomic mass is 9.96. The number of methoxy groups -OCH3 is 1. The summed E-state index contributed by atoms with van der Waals surface area (Å²) >= 11 is 1.69. The first-order valence-corrected chi connectivity index (χ1v) is 13.4. The van der Waals surface area contributed by atoms with Gasteiger partial charge in [-0.3, -0.25) is 4.79 Å². The molecule has 0 spiro atoms. The van der Waals surface area contributed by atoms with Crippen LogP contribution in [0, 0.1) is 19.8 Å². The van der Waals surface area contributed by atoms with Crippen molar-refractivity contribution in [1.82, 2.24) is 9.21 Å². The molecule has 198 valence electrons. The van der Waals surface area contributed by atoms with Gasteiger partial charge in [-0.25, -0.2) is 4.31 Å². The number of likely N-dealkylation sites (N-methyl/N-ethyl adjacent to an activating group) is 1. The average molecular weight is 515 g/mol. The van der Waals surface area contributed by atoms with E-state index in [9.17, 15) is 4.79 Å². The molecule has 1 saturated heterocycles. The number of benzene rings is 2. The zero-order valence-corrected chi connectivity index (χ0v) is 23.5. The molecule has 1 N–H and O–H groups in total. The van der Waals surface area contributed by atoms with Crippen molar-refractivity contribution in [3.8, 4) is 5.75 Å². The number of hydrogen-bond donors (Lipinski definition) is 1. The summed E-state index contributed by atoms with van der Waals surface area (Å²) in [6.07, 6.45) is 2.40. The van der Waals surface area contributed by atoms with Crippen LogP contribution in [0.5, 0.6) is 5.75 Å². The molecule has 0 saturated carbocycles. The van der Waals surface area contributed by atoms with Crippen LogP contribution in [0.2, 0.25) is 0 Å². The molecule has 1 heterocycles. The molecule has 0 aliphatic carbocycles. The number of carbonyl (C=O) groups is 1. The number of aryl methyl sites for hydroxylation is 2. The summed E-state index contributed by atoms with van der Waals surface area (Å²) in [5.74, 6) is 1.51. The minimum atomic E-state index is -0.131. The van der Waals surface area contributed by atoms with E-state index in [1.807, 2.05) is 31.3 Å². The summed E-state index contributed by atoms with van der Waals surface area (Å²) in [5.41, 5.74) is 4.35. The van der Waals surface area contributed by atoms with Gasteiger partial charge in [-0.1, -0.05) is 6.07 Å². The van der Waals surface area contributed by atoms with Gasteiger partial charge in [-0.15, -0.1) is 0 Å². The highest BCUT2D eigenvalue weighted by molar-refractivity contribution is 7.97. The molecule has 2 aromatic rings. The van der Waals surface area contributed by atoms with Crippen molar-refractivity contribution in [2.75, 3.05) is 77.9 Å². The van der Waals surface area contributed by atoms with Crippen LogP contribution in [-0.4, -0.2) is 82.8 Å². The Morgan fingerprint density at radius 1 is 1.11 bits per heavy atom. The van der Waals surface area contributed by atoms with Crippen LogP contribution in [0.15, 0.2) is 41.3 Å². The van der Waals surface area contributed by atoms with Crippen molar-refractivity contribution >= 4 is 29.2 Å². The molecule has 1 fully saturated rings. The van der Waals surface area contributed by atoms with Crippen molar-refractivity contribution in [3.05, 3.63) is 47.5 Å². The van der Waals surface area contributed by atoms with Crippen LogP contribution < -0.4 is 15.0 Å². The van der Waals surface area contributed by atoms with Crippen LogP contribution in [0.25, 0.3) is 0 Å². The van der Waals surface area contributed by atoms with E-state index in [0.717, 1.165) is 37.0 Å². The van der Waals surface area contributed by atoms with Gasteiger partial charge < -0.3 is 24.6 Å². The number of ether oxygens (including phenoxy) is 2. The summed E-state index contributed by atoms with van der Waals surface area (Å²) in [4.78, 5) is 18.4. The van der Waals surface area contributed by atoms with Gasteiger partial charge in [0.2, 0.25) is 5.91 Å². The molecule has 0 atom stereocenters. The minimum Gasteiger partial charge on any atom is -0.497 e. The Labute approximate surface area is 221 Å². The van der Waals surface area contributed by atoms with Gasteiger partial charge >= 0.3 is 0 Å². The van der Waals surface area contributed by atoms with Crippen molar-refractivity contribution in [3.63, 3.8) is 0 Å². The van der Waals surface area contributed by atoms with Crippen LogP contribution in [0.3, 0.4) is 0 Å². The van der Waals surface area contributed by atoms with Gasteiger partial charge in [0, 0.05) is 42.4 Å². The second kappa shape index (κ2) is 13.9. The van der Waals surface area contributed by atoms with Crippen molar-refractivity contribution in [2.45, 2.75) is 31.6 Å². The molecular weight excluding hydrogens is 472 g/mol. The summed E-state index contributed by atoms with van der Waals surface area (Å²) in [5, 5.41) is 2.98. The highest BCUT2D eigenvalue weighted by atomic mass is 32.2. The smallest absolute Gasteiger partial charge is 0.250 e. The molecular formula is C28H42N4O3S. The fourth-order valence-corrected chi connectivity index (χ4v) is 5.48. The largest absolute Gasteiger partial charge is 0.497 e. The number of rotatable bonds is 12. The monoisotopic (exact) mass is 514 g/mol. The number of carbonyl (C=O) groups excluding carboxylic acids is 1. The molecule has 1 aliphatic rings. The predicted octanol–water partition coefficient (Wildman–Crippen LogP) is 4.68. The lowest BCUT2D eigenvalue weighted by Gasteiger charge is -2.34. The van der Waals surface area contributed by atoms with Gasteiger partial charge in [0.15, 0.2) is 0 Å². The van der Waals surface area contributed by atoms with Gasteiger partial charge in [-0.05, 0) is 107 Å². The Kier molecular flexibility index (Phi) is 10.9. The van der Waals surface area contributed by atoms with E-state index < -0.39 is 0 Å². The van der Waals surface area contributed by atoms with E-state index in [1.54, 1.807) is 19.1 Å². The molecule has 0 unspecified atom stereocenters. The van der Waals surface area contributed by atoms with E-state index in [1.165, 1.54) is 34.6 Å². The minimum absolute atomic E-state index is 0.0409. The molecule has 1 amide bonds. The quantitative estimate of drug-likeness (QED) is 0.326. The molecule has 36 heavy (non-hydrogen) atoms. The maximum atomic E-state index is 12.4. The number of anilines is 2. The third-order valence-corrected chi connectivity index (χ3v) is 7.75. The van der Waals surface area contributed by atoms with Crippen LogP contribution in [0.1, 0.15) is 24.0 Å². The lowest BCUT2D eigenvalue weighted by molar-refractivity contribution is -0.120. The molecule has 2 aromatic carbocycles. The Hall–Kier alpha value is -2.26. The number of amides is 1. The molecule has 3 rings (SSSR count). The highest BCUT2D eigenvalue weighted by Gasteiger charge is 2.20. The topological polar surface area (TPSA) is 57.3 Å². The first-order chi connectivity index (χ1) is 17.2. The van der Waals surface area contributed by atoms with Gasteiger partial charge in [-0.2, -0.15) is 0 Å². The Morgan fingerprint density at radius 2 is 1.81 bits per heavy atom. The van der Waals surface area contributed by atoms with E-state index >= 15 is 0 Å². The average Bonchev–Trinajstić information content (AvgIpc) is 2.84. The van der Waals surface area contributed by atoms with E-state index in [4.69, 9.17) is 9.47 Å². The Balaban J connectivity index is 1.39. The molecule has 7 nitrogen and oxygen atoms in total. The third kappa shape index (κ3) is 8.69. The van der Waals surface area contributed by atoms with Crippen LogP contribution in [-0.2, 0) is 9.53 Å². The van der Waals surface area contributed by atoms with E-state index in [0.29, 0.717) is 13.2 Å². The summed E-state index contributed by atoms with van der Waals surface area (Å²) in [7, 11) is 8.01. The molecule has 0 aromatic heterocycles. The lowest BCUT2D eigenvalue weighted by Crippen LogP contribution is -2.37. The SMILES string of the molecule is COc1cc(C)c(SN(C)CCOCC(=O)Nc2cccc(N3CCC(CN(C)C)CC3)c2)c(C)c1. The van der Waals surface area contributed by atoms with Crippen molar-refractivity contribution in [1.29, 1.82) is 0 Å². The van der Waals surface area contributed by atoms with E-state index in [2.05, 4.69) is 59.5 Å². The molecule has 0 radical (unpaired) electrons. The highest BCUT2D eigenvalue weighted by Crippen LogP contribution is 2.31. The third-order valence-electron chi connectivity index (χ3n) is 6.43. The molecule has 0 bridgehead atoms. The first kappa shape index (κ1) is 28.3. The second-order valence-corrected chi connectivity index (χ2v) is 11.1. The van der Waals surface area contributed by atoms with Crippen molar-refractivity contribution in [2.24, 2.45) is 5.92 Å². The number of piperidine rings is 1. The zero-order chi connectivity index (χ0) is 26.1. The number of nitrogens with one attached hydrogen (secondary N) is 1. The summed E-state index contributed by atoms with van der Waals surface area (Å²) in [6.45, 7) is 8.68.